The maximum Gasteiger partial charge on any atom is 0.325 e. The van der Waals surface area contributed by atoms with Crippen LogP contribution in [0.3, 0.4) is 0 Å². The molecule has 1 aromatic heterocycles. The number of aromatic nitrogens is 2. The fourth-order valence-electron chi connectivity index (χ4n) is 4.31. The van der Waals surface area contributed by atoms with Gasteiger partial charge in [-0.25, -0.2) is 9.48 Å². The Morgan fingerprint density at radius 1 is 1.21 bits per heavy atom. The topological polar surface area (TPSA) is 96.3 Å². The van der Waals surface area contributed by atoms with Crippen LogP contribution in [-0.4, -0.2) is 39.1 Å². The molecule has 1 aliphatic heterocycles. The zero-order valence-electron chi connectivity index (χ0n) is 16.4. The predicted octanol–water partition coefficient (Wildman–Crippen LogP) is 2.79. The SMILES string of the molecule is CCC1(c2ccccc2)NC(=O)N(CC(=O)Nc2ccnn2C2CCCC2)C1=O. The van der Waals surface area contributed by atoms with Crippen LogP contribution in [0.5, 0.6) is 0 Å². The van der Waals surface area contributed by atoms with Crippen molar-refractivity contribution in [1.82, 2.24) is 20.0 Å². The van der Waals surface area contributed by atoms with E-state index in [4.69, 9.17) is 0 Å². The zero-order chi connectivity index (χ0) is 20.4. The second-order valence-electron chi connectivity index (χ2n) is 7.59. The standard InChI is InChI=1S/C21H25N5O3/c1-2-21(15-8-4-3-5-9-15)19(28)25(20(29)24-21)14-18(27)23-17-12-13-22-26(17)16-10-6-7-11-16/h3-5,8-9,12-13,16H,2,6-7,10-11,14H2,1H3,(H,23,27)(H,24,29). The van der Waals surface area contributed by atoms with Crippen LogP contribution >= 0.6 is 0 Å². The molecule has 8 nitrogen and oxygen atoms in total. The number of carbonyl (C=O) groups is 3. The van der Waals surface area contributed by atoms with Gasteiger partial charge >= 0.3 is 6.03 Å². The van der Waals surface area contributed by atoms with Crippen molar-refractivity contribution in [2.45, 2.75) is 50.6 Å². The molecule has 1 unspecified atom stereocenters. The molecule has 0 spiro atoms. The first-order valence-electron chi connectivity index (χ1n) is 10.1. The Bertz CT molecular complexity index is 919. The van der Waals surface area contributed by atoms with Gasteiger partial charge in [-0.2, -0.15) is 5.10 Å². The third-order valence-electron chi connectivity index (χ3n) is 5.88. The van der Waals surface area contributed by atoms with Crippen molar-refractivity contribution in [3.8, 4) is 0 Å². The minimum atomic E-state index is -1.13. The monoisotopic (exact) mass is 395 g/mol. The molecule has 2 N–H and O–H groups in total. The molecule has 1 aromatic carbocycles. The van der Waals surface area contributed by atoms with Gasteiger partial charge in [0.25, 0.3) is 5.91 Å². The summed E-state index contributed by atoms with van der Waals surface area (Å²) in [6.45, 7) is 1.50. The molecule has 4 amide bonds. The van der Waals surface area contributed by atoms with Crippen molar-refractivity contribution in [3.63, 3.8) is 0 Å². The summed E-state index contributed by atoms with van der Waals surface area (Å²) in [6, 6.07) is 10.6. The lowest BCUT2D eigenvalue weighted by Gasteiger charge is -2.25. The molecule has 4 rings (SSSR count). The molecule has 1 atom stereocenters. The summed E-state index contributed by atoms with van der Waals surface area (Å²) in [5, 5.41) is 9.93. The third kappa shape index (κ3) is 3.39. The van der Waals surface area contributed by atoms with Crippen LogP contribution in [0.4, 0.5) is 10.6 Å². The zero-order valence-corrected chi connectivity index (χ0v) is 16.4. The highest BCUT2D eigenvalue weighted by Gasteiger charge is 2.51. The molecule has 8 heteroatoms. The van der Waals surface area contributed by atoms with Gasteiger partial charge in [-0.3, -0.25) is 14.5 Å². The van der Waals surface area contributed by atoms with Gasteiger partial charge in [0, 0.05) is 6.07 Å². The largest absolute Gasteiger partial charge is 0.325 e. The summed E-state index contributed by atoms with van der Waals surface area (Å²) in [7, 11) is 0. The number of hydrogen-bond acceptors (Lipinski definition) is 4. The summed E-state index contributed by atoms with van der Waals surface area (Å²) in [5.41, 5.74) is -0.424. The van der Waals surface area contributed by atoms with Gasteiger partial charge in [0.1, 0.15) is 17.9 Å². The summed E-state index contributed by atoms with van der Waals surface area (Å²) in [4.78, 5) is 39.3. The lowest BCUT2D eigenvalue weighted by atomic mass is 9.87. The quantitative estimate of drug-likeness (QED) is 0.735. The molecule has 1 aliphatic carbocycles. The normalized spacial score (nSPS) is 22.2. The molecule has 0 radical (unpaired) electrons. The number of amides is 4. The van der Waals surface area contributed by atoms with Gasteiger partial charge < -0.3 is 10.6 Å². The average molecular weight is 395 g/mol. The fraction of sp³-hybridized carbons (Fsp3) is 0.429. The Balaban J connectivity index is 1.48. The van der Waals surface area contributed by atoms with Crippen molar-refractivity contribution in [3.05, 3.63) is 48.2 Å². The summed E-state index contributed by atoms with van der Waals surface area (Å²) in [5.74, 6) is -0.234. The van der Waals surface area contributed by atoms with Crippen LogP contribution in [0, 0.1) is 0 Å². The van der Waals surface area contributed by atoms with Crippen LogP contribution in [0.25, 0.3) is 0 Å². The van der Waals surface area contributed by atoms with E-state index < -0.39 is 23.4 Å². The molecule has 2 aliphatic rings. The van der Waals surface area contributed by atoms with Crippen LogP contribution in [0.2, 0.25) is 0 Å². The number of carbonyl (C=O) groups excluding carboxylic acids is 3. The third-order valence-corrected chi connectivity index (χ3v) is 5.88. The van der Waals surface area contributed by atoms with Gasteiger partial charge in [0.2, 0.25) is 5.91 Å². The molecule has 2 fully saturated rings. The van der Waals surface area contributed by atoms with E-state index in [0.29, 0.717) is 17.8 Å². The van der Waals surface area contributed by atoms with Crippen molar-refractivity contribution in [2.75, 3.05) is 11.9 Å². The number of imide groups is 1. The van der Waals surface area contributed by atoms with Gasteiger partial charge in [-0.1, -0.05) is 50.1 Å². The lowest BCUT2D eigenvalue weighted by molar-refractivity contribution is -0.134. The first-order valence-corrected chi connectivity index (χ1v) is 10.1. The van der Waals surface area contributed by atoms with Gasteiger partial charge in [0.05, 0.1) is 12.2 Å². The van der Waals surface area contributed by atoms with Crippen molar-refractivity contribution >= 4 is 23.7 Å². The van der Waals surface area contributed by atoms with Crippen molar-refractivity contribution < 1.29 is 14.4 Å². The second-order valence-corrected chi connectivity index (χ2v) is 7.59. The summed E-state index contributed by atoms with van der Waals surface area (Å²) in [6.07, 6.45) is 6.42. The van der Waals surface area contributed by atoms with E-state index >= 15 is 0 Å². The number of nitrogens with zero attached hydrogens (tertiary/aromatic N) is 3. The molecule has 1 saturated carbocycles. The van der Waals surface area contributed by atoms with E-state index in [0.717, 1.165) is 30.6 Å². The Morgan fingerprint density at radius 3 is 2.62 bits per heavy atom. The number of anilines is 1. The molecule has 29 heavy (non-hydrogen) atoms. The lowest BCUT2D eigenvalue weighted by Crippen LogP contribution is -2.44. The Labute approximate surface area is 169 Å². The number of urea groups is 1. The number of nitrogens with one attached hydrogen (secondary N) is 2. The minimum absolute atomic E-state index is 0.280. The smallest absolute Gasteiger partial charge is 0.319 e. The fourth-order valence-corrected chi connectivity index (χ4v) is 4.31. The molecule has 0 bridgehead atoms. The predicted molar refractivity (Wildman–Crippen MR) is 107 cm³/mol. The summed E-state index contributed by atoms with van der Waals surface area (Å²) < 4.78 is 1.83. The van der Waals surface area contributed by atoms with Crippen molar-refractivity contribution in [2.24, 2.45) is 0 Å². The molecule has 1 saturated heterocycles. The van der Waals surface area contributed by atoms with Gasteiger partial charge in [-0.15, -0.1) is 0 Å². The van der Waals surface area contributed by atoms with E-state index in [9.17, 15) is 14.4 Å². The number of benzene rings is 1. The Hall–Kier alpha value is -3.16. The molecular weight excluding hydrogens is 370 g/mol. The maximum absolute atomic E-state index is 13.1. The summed E-state index contributed by atoms with van der Waals surface area (Å²) >= 11 is 0. The number of rotatable bonds is 6. The second kappa shape index (κ2) is 7.69. The van der Waals surface area contributed by atoms with E-state index in [1.165, 1.54) is 0 Å². The molecule has 2 heterocycles. The van der Waals surface area contributed by atoms with E-state index in [-0.39, 0.29) is 12.6 Å². The Kier molecular flexibility index (Phi) is 5.08. The highest BCUT2D eigenvalue weighted by molar-refractivity contribution is 6.10. The average Bonchev–Trinajstić information content (AvgIpc) is 3.45. The van der Waals surface area contributed by atoms with Crippen LogP contribution in [-0.2, 0) is 15.1 Å². The number of hydrogen-bond donors (Lipinski definition) is 2. The van der Waals surface area contributed by atoms with Crippen LogP contribution in [0.15, 0.2) is 42.6 Å². The molecule has 152 valence electrons. The Morgan fingerprint density at radius 2 is 1.93 bits per heavy atom. The van der Waals surface area contributed by atoms with E-state index in [2.05, 4.69) is 15.7 Å². The van der Waals surface area contributed by atoms with Crippen LogP contribution in [0.1, 0.15) is 50.6 Å². The highest BCUT2D eigenvalue weighted by Crippen LogP contribution is 2.33. The van der Waals surface area contributed by atoms with E-state index in [1.807, 2.05) is 41.9 Å². The first-order chi connectivity index (χ1) is 14.0. The minimum Gasteiger partial charge on any atom is -0.319 e. The highest BCUT2D eigenvalue weighted by atomic mass is 16.2. The van der Waals surface area contributed by atoms with E-state index in [1.54, 1.807) is 12.3 Å². The maximum atomic E-state index is 13.1. The van der Waals surface area contributed by atoms with Gasteiger partial charge in [0.15, 0.2) is 0 Å². The van der Waals surface area contributed by atoms with Crippen LogP contribution < -0.4 is 10.6 Å². The molecule has 2 aromatic rings. The van der Waals surface area contributed by atoms with Crippen molar-refractivity contribution in [1.29, 1.82) is 0 Å². The first kappa shape index (κ1) is 19.2. The molecular formula is C21H25N5O3. The van der Waals surface area contributed by atoms with Gasteiger partial charge in [-0.05, 0) is 24.8 Å².